The molecule has 0 spiro atoms. The van der Waals surface area contributed by atoms with Crippen molar-refractivity contribution >= 4 is 28.8 Å². The number of aromatic amines is 1. The summed E-state index contributed by atoms with van der Waals surface area (Å²) in [7, 11) is 0. The fourth-order valence-corrected chi connectivity index (χ4v) is 4.09. The van der Waals surface area contributed by atoms with Crippen LogP contribution in [0, 0.1) is 22.7 Å². The molecule has 5 rings (SSSR count). The number of phenols is 2. The Labute approximate surface area is 221 Å². The molecular formula is C29H19N7O3. The number of nitrogens with one attached hydrogen (secondary N) is 1. The molecule has 10 heteroatoms. The number of hydrogen-bond donors (Lipinski definition) is 3. The molecule has 0 amide bonds. The van der Waals surface area contributed by atoms with Gasteiger partial charge in [0.1, 0.15) is 40.5 Å². The van der Waals surface area contributed by atoms with Crippen LogP contribution < -0.4 is 5.56 Å². The van der Waals surface area contributed by atoms with Crippen LogP contribution in [0.2, 0.25) is 0 Å². The van der Waals surface area contributed by atoms with Crippen LogP contribution in [-0.2, 0) is 0 Å². The van der Waals surface area contributed by atoms with Crippen LogP contribution in [0.5, 0.6) is 11.5 Å². The van der Waals surface area contributed by atoms with Crippen molar-refractivity contribution in [2.75, 3.05) is 0 Å². The van der Waals surface area contributed by atoms with Crippen molar-refractivity contribution in [1.82, 2.24) is 14.6 Å². The second-order valence-electron chi connectivity index (χ2n) is 8.45. The number of nitriles is 2. The summed E-state index contributed by atoms with van der Waals surface area (Å²) in [5, 5.41) is 45.0. The zero-order valence-corrected chi connectivity index (χ0v) is 20.5. The predicted molar refractivity (Wildman–Crippen MR) is 146 cm³/mol. The van der Waals surface area contributed by atoms with Gasteiger partial charge in [0.05, 0.1) is 11.0 Å². The van der Waals surface area contributed by atoms with Crippen molar-refractivity contribution in [1.29, 1.82) is 10.5 Å². The van der Waals surface area contributed by atoms with Gasteiger partial charge in [0.2, 0.25) is 0 Å². The van der Waals surface area contributed by atoms with Gasteiger partial charge in [-0.1, -0.05) is 42.5 Å². The molecule has 2 aromatic heterocycles. The van der Waals surface area contributed by atoms with Gasteiger partial charge < -0.3 is 15.2 Å². The zero-order chi connectivity index (χ0) is 27.5. The Morgan fingerprint density at radius 1 is 1.00 bits per heavy atom. The first-order valence-corrected chi connectivity index (χ1v) is 11.7. The number of aromatic nitrogens is 3. The van der Waals surface area contributed by atoms with Gasteiger partial charge >= 0.3 is 0 Å². The summed E-state index contributed by atoms with van der Waals surface area (Å²) in [4.78, 5) is 25.7. The standard InChI is InChI=1S/C29H19N7O3/c1-17(27-33-23-10-3-4-11-24(23)34-27)35-36-28(32-16-18-7-6-8-19(37)13-18)21(14-30)26(22(15-31)29(36)39)20-9-2-5-12-25(20)38/h2-13,16,37-38H,1H3,(H,33,34)/b32-16+,35-17+. The second kappa shape index (κ2) is 10.2. The lowest BCUT2D eigenvalue weighted by Gasteiger charge is -2.14. The number of fused-ring (bicyclic) bond motifs is 1. The number of rotatable bonds is 5. The molecule has 0 radical (unpaired) electrons. The van der Waals surface area contributed by atoms with E-state index in [4.69, 9.17) is 0 Å². The van der Waals surface area contributed by atoms with Gasteiger partial charge in [0, 0.05) is 17.3 Å². The molecule has 0 saturated carbocycles. The Kier molecular flexibility index (Phi) is 6.43. The van der Waals surface area contributed by atoms with E-state index in [0.717, 1.165) is 10.2 Å². The number of aliphatic imine (C=N–C) groups is 1. The fourth-order valence-electron chi connectivity index (χ4n) is 4.09. The Morgan fingerprint density at radius 3 is 2.46 bits per heavy atom. The molecule has 5 aromatic rings. The summed E-state index contributed by atoms with van der Waals surface area (Å²) >= 11 is 0. The summed E-state index contributed by atoms with van der Waals surface area (Å²) in [5.41, 5.74) is 0.947. The molecular weight excluding hydrogens is 494 g/mol. The third-order valence-corrected chi connectivity index (χ3v) is 5.92. The van der Waals surface area contributed by atoms with Crippen molar-refractivity contribution in [2.24, 2.45) is 10.1 Å². The third kappa shape index (κ3) is 4.61. The molecule has 0 aliphatic heterocycles. The fraction of sp³-hybridized carbons (Fsp3) is 0.0345. The maximum Gasteiger partial charge on any atom is 0.291 e. The maximum atomic E-state index is 13.7. The van der Waals surface area contributed by atoms with Gasteiger partial charge in [0.15, 0.2) is 11.6 Å². The summed E-state index contributed by atoms with van der Waals surface area (Å²) in [6, 6.07) is 23.6. The average molecular weight is 514 g/mol. The van der Waals surface area contributed by atoms with Crippen LogP contribution in [0.3, 0.4) is 0 Å². The van der Waals surface area contributed by atoms with Crippen molar-refractivity contribution in [2.45, 2.75) is 6.92 Å². The molecule has 0 aliphatic rings. The Bertz CT molecular complexity index is 1920. The first-order valence-electron chi connectivity index (χ1n) is 11.7. The number of nitrogens with zero attached hydrogens (tertiary/aromatic N) is 6. The molecule has 0 unspecified atom stereocenters. The topological polar surface area (TPSA) is 163 Å². The quantitative estimate of drug-likeness (QED) is 0.291. The van der Waals surface area contributed by atoms with E-state index in [1.54, 1.807) is 31.2 Å². The van der Waals surface area contributed by atoms with E-state index < -0.39 is 5.56 Å². The number of pyridine rings is 1. The molecule has 2 heterocycles. The highest BCUT2D eigenvalue weighted by Crippen LogP contribution is 2.36. The van der Waals surface area contributed by atoms with Crippen LogP contribution in [0.1, 0.15) is 29.4 Å². The van der Waals surface area contributed by atoms with Gasteiger partial charge in [-0.3, -0.25) is 4.79 Å². The Hall–Kier alpha value is -6.00. The van der Waals surface area contributed by atoms with Crippen LogP contribution in [-0.4, -0.2) is 36.8 Å². The molecule has 188 valence electrons. The molecule has 39 heavy (non-hydrogen) atoms. The maximum absolute atomic E-state index is 13.7. The summed E-state index contributed by atoms with van der Waals surface area (Å²) in [6.45, 7) is 1.63. The third-order valence-electron chi connectivity index (χ3n) is 5.92. The highest BCUT2D eigenvalue weighted by molar-refractivity contribution is 5.98. The molecule has 0 aliphatic carbocycles. The van der Waals surface area contributed by atoms with Gasteiger partial charge in [-0.15, -0.1) is 0 Å². The second-order valence-corrected chi connectivity index (χ2v) is 8.45. The van der Waals surface area contributed by atoms with Gasteiger partial charge in [-0.25, -0.2) is 9.98 Å². The van der Waals surface area contributed by atoms with Crippen LogP contribution in [0.4, 0.5) is 5.82 Å². The number of H-pyrrole nitrogens is 1. The molecule has 10 nitrogen and oxygen atoms in total. The molecule has 0 fully saturated rings. The summed E-state index contributed by atoms with van der Waals surface area (Å²) in [6.07, 6.45) is 1.36. The first-order chi connectivity index (χ1) is 18.9. The van der Waals surface area contributed by atoms with Crippen LogP contribution >= 0.6 is 0 Å². The van der Waals surface area contributed by atoms with Crippen molar-refractivity contribution in [3.63, 3.8) is 0 Å². The lowest BCUT2D eigenvalue weighted by Crippen LogP contribution is -2.23. The molecule has 0 bridgehead atoms. The van der Waals surface area contributed by atoms with E-state index in [2.05, 4.69) is 20.1 Å². The minimum Gasteiger partial charge on any atom is -0.508 e. The smallest absolute Gasteiger partial charge is 0.291 e. The van der Waals surface area contributed by atoms with E-state index in [1.807, 2.05) is 36.4 Å². The van der Waals surface area contributed by atoms with Crippen molar-refractivity contribution in [3.8, 4) is 34.8 Å². The largest absolute Gasteiger partial charge is 0.508 e. The highest BCUT2D eigenvalue weighted by Gasteiger charge is 2.25. The van der Waals surface area contributed by atoms with Gasteiger partial charge in [-0.2, -0.15) is 20.3 Å². The molecule has 3 aromatic carbocycles. The van der Waals surface area contributed by atoms with Gasteiger partial charge in [0.25, 0.3) is 5.56 Å². The minimum absolute atomic E-state index is 0.00493. The lowest BCUT2D eigenvalue weighted by molar-refractivity contribution is 0.475. The number of para-hydroxylation sites is 3. The number of imidazole rings is 1. The summed E-state index contributed by atoms with van der Waals surface area (Å²) in [5.74, 6) is 0.00389. The van der Waals surface area contributed by atoms with E-state index in [1.165, 1.54) is 30.5 Å². The number of hydrogen-bond acceptors (Lipinski definition) is 8. The normalized spacial score (nSPS) is 11.5. The van der Waals surface area contributed by atoms with E-state index >= 15 is 0 Å². The molecule has 0 atom stereocenters. The average Bonchev–Trinajstić information content (AvgIpc) is 3.38. The van der Waals surface area contributed by atoms with Gasteiger partial charge in [-0.05, 0) is 42.8 Å². The first kappa shape index (κ1) is 24.7. The predicted octanol–water partition coefficient (Wildman–Crippen LogP) is 4.57. The van der Waals surface area contributed by atoms with Crippen molar-refractivity contribution < 1.29 is 10.2 Å². The van der Waals surface area contributed by atoms with E-state index in [0.29, 0.717) is 22.6 Å². The summed E-state index contributed by atoms with van der Waals surface area (Å²) < 4.78 is 0.877. The Balaban J connectivity index is 1.81. The Morgan fingerprint density at radius 2 is 1.74 bits per heavy atom. The SMILES string of the molecule is C/C(=N\n1c(/N=C/c2cccc(O)c2)c(C#N)c(-c2ccccc2O)c(C#N)c1=O)c1nc2ccccc2[nH]1. The highest BCUT2D eigenvalue weighted by atomic mass is 16.3. The number of aromatic hydroxyl groups is 2. The van der Waals surface area contributed by atoms with E-state index in [-0.39, 0.29) is 39.6 Å². The minimum atomic E-state index is -0.840. The lowest BCUT2D eigenvalue weighted by atomic mass is 9.96. The molecule has 3 N–H and O–H groups in total. The zero-order valence-electron chi connectivity index (χ0n) is 20.5. The monoisotopic (exact) mass is 513 g/mol. The molecule has 0 saturated heterocycles. The van der Waals surface area contributed by atoms with Crippen LogP contribution in [0.25, 0.3) is 22.2 Å². The van der Waals surface area contributed by atoms with Crippen molar-refractivity contribution in [3.05, 3.63) is 106 Å². The van der Waals surface area contributed by atoms with E-state index in [9.17, 15) is 25.5 Å². The van der Waals surface area contributed by atoms with Crippen LogP contribution in [0.15, 0.2) is 87.7 Å². The number of benzene rings is 3. The number of phenolic OH excluding ortho intramolecular Hbond substituents is 2.